The fraction of sp³-hybridized carbons (Fsp3) is 0.640. The third-order valence-electron chi connectivity index (χ3n) is 6.45. The number of guanidine groups is 1. The van der Waals surface area contributed by atoms with Crippen LogP contribution in [0.1, 0.15) is 64.4 Å². The molecule has 1 N–H and O–H groups in total. The molecular formula is C25H36N4O4. The fourth-order valence-electron chi connectivity index (χ4n) is 4.78. The Morgan fingerprint density at radius 1 is 1.21 bits per heavy atom. The van der Waals surface area contributed by atoms with Crippen LogP contribution in [0.3, 0.4) is 0 Å². The van der Waals surface area contributed by atoms with E-state index in [1.54, 1.807) is 0 Å². The summed E-state index contributed by atoms with van der Waals surface area (Å²) in [6.45, 7) is 6.78. The van der Waals surface area contributed by atoms with E-state index >= 15 is 0 Å². The number of benzene rings is 1. The molecule has 0 unspecified atom stereocenters. The number of aliphatic imine (C=N–C) groups is 1. The van der Waals surface area contributed by atoms with Gasteiger partial charge in [-0.25, -0.2) is 4.99 Å². The Morgan fingerprint density at radius 2 is 2.03 bits per heavy atom. The zero-order chi connectivity index (χ0) is 23.2. The third-order valence-corrected chi connectivity index (χ3v) is 6.45. The molecule has 1 aliphatic carbocycles. The molecule has 2 heterocycles. The fourth-order valence-corrected chi connectivity index (χ4v) is 4.78. The number of nitrogens with zero attached hydrogens (tertiary/aromatic N) is 3. The van der Waals surface area contributed by atoms with E-state index in [0.717, 1.165) is 29.8 Å². The Morgan fingerprint density at radius 3 is 2.82 bits per heavy atom. The van der Waals surface area contributed by atoms with Crippen molar-refractivity contribution >= 4 is 23.5 Å². The van der Waals surface area contributed by atoms with E-state index in [2.05, 4.69) is 15.2 Å². The van der Waals surface area contributed by atoms with Crippen LogP contribution < -0.4 is 10.1 Å². The molecule has 8 heteroatoms. The first-order valence-corrected chi connectivity index (χ1v) is 12.3. The summed E-state index contributed by atoms with van der Waals surface area (Å²) >= 11 is 0. The van der Waals surface area contributed by atoms with Gasteiger partial charge < -0.3 is 19.3 Å². The van der Waals surface area contributed by atoms with Crippen molar-refractivity contribution in [3.63, 3.8) is 0 Å². The van der Waals surface area contributed by atoms with Gasteiger partial charge in [-0.2, -0.15) is 0 Å². The van der Waals surface area contributed by atoms with Gasteiger partial charge in [0, 0.05) is 31.1 Å². The third kappa shape index (κ3) is 6.25. The first-order valence-electron chi connectivity index (χ1n) is 12.3. The maximum Gasteiger partial charge on any atom is 0.246 e. The van der Waals surface area contributed by atoms with Gasteiger partial charge in [-0.15, -0.1) is 0 Å². The monoisotopic (exact) mass is 456 g/mol. The number of fused-ring (bicyclic) bond motifs is 2. The molecule has 3 aliphatic rings. The van der Waals surface area contributed by atoms with Crippen molar-refractivity contribution in [3.8, 4) is 5.75 Å². The second-order valence-corrected chi connectivity index (χ2v) is 9.38. The van der Waals surface area contributed by atoms with Gasteiger partial charge in [0.1, 0.15) is 12.3 Å². The summed E-state index contributed by atoms with van der Waals surface area (Å²) in [7, 11) is 0. The number of ether oxygens (including phenoxy) is 2. The van der Waals surface area contributed by atoms with E-state index in [0.29, 0.717) is 57.7 Å². The second-order valence-electron chi connectivity index (χ2n) is 9.38. The molecule has 1 aromatic carbocycles. The maximum absolute atomic E-state index is 13.0. The average molecular weight is 457 g/mol. The number of carbonyl (C=O) groups is 2. The lowest BCUT2D eigenvalue weighted by Crippen LogP contribution is -2.43. The molecule has 0 bridgehead atoms. The Bertz CT molecular complexity index is 879. The van der Waals surface area contributed by atoms with Gasteiger partial charge in [0.25, 0.3) is 0 Å². The van der Waals surface area contributed by atoms with Crippen LogP contribution in [0.4, 0.5) is 5.69 Å². The van der Waals surface area contributed by atoms with Crippen LogP contribution in [-0.2, 0) is 20.9 Å². The standard InChI is InChI=1S/C25H36N4O4/c1-18(2)32-14-12-29(20-7-4-3-5-8-20)24(31)9-6-13-33-21-10-11-22-19(15-21)16-28-17-23(30)27-25(28)26-22/h10-11,15,18,20H,3-9,12-14,16-17H2,1-2H3,(H,26,27,30). The van der Waals surface area contributed by atoms with Gasteiger partial charge >= 0.3 is 0 Å². The Kier molecular flexibility index (Phi) is 7.85. The number of carbonyl (C=O) groups excluding carboxylic acids is 2. The molecule has 4 rings (SSSR count). The molecular weight excluding hydrogens is 420 g/mol. The number of hydrogen-bond acceptors (Lipinski definition) is 6. The van der Waals surface area contributed by atoms with Crippen LogP contribution in [0.25, 0.3) is 0 Å². The molecule has 33 heavy (non-hydrogen) atoms. The van der Waals surface area contributed by atoms with Gasteiger partial charge in [0.05, 0.1) is 25.0 Å². The van der Waals surface area contributed by atoms with Crippen molar-refractivity contribution in [2.45, 2.75) is 77.5 Å². The summed E-state index contributed by atoms with van der Waals surface area (Å²) in [4.78, 5) is 33.1. The van der Waals surface area contributed by atoms with Gasteiger partial charge in [0.15, 0.2) is 0 Å². The number of nitrogens with one attached hydrogen (secondary N) is 1. The van der Waals surface area contributed by atoms with E-state index in [1.807, 2.05) is 36.9 Å². The number of hydrogen-bond donors (Lipinski definition) is 1. The normalized spacial score (nSPS) is 18.0. The highest BCUT2D eigenvalue weighted by Gasteiger charge is 2.29. The lowest BCUT2D eigenvalue weighted by atomic mass is 9.94. The van der Waals surface area contributed by atoms with Crippen molar-refractivity contribution in [2.24, 2.45) is 4.99 Å². The minimum absolute atomic E-state index is 0.0271. The summed E-state index contributed by atoms with van der Waals surface area (Å²) in [6.07, 6.45) is 7.21. The van der Waals surface area contributed by atoms with Crippen molar-refractivity contribution in [2.75, 3.05) is 26.3 Å². The molecule has 2 fully saturated rings. The Labute approximate surface area is 196 Å². The van der Waals surface area contributed by atoms with Crippen molar-refractivity contribution < 1.29 is 19.1 Å². The lowest BCUT2D eigenvalue weighted by Gasteiger charge is -2.34. The summed E-state index contributed by atoms with van der Waals surface area (Å²) < 4.78 is 11.7. The largest absolute Gasteiger partial charge is 0.494 e. The summed E-state index contributed by atoms with van der Waals surface area (Å²) in [5.74, 6) is 1.57. The Balaban J connectivity index is 1.26. The first kappa shape index (κ1) is 23.5. The average Bonchev–Trinajstić information content (AvgIpc) is 3.16. The van der Waals surface area contributed by atoms with Crippen LogP contribution in [0.5, 0.6) is 5.75 Å². The van der Waals surface area contributed by atoms with Gasteiger partial charge in [-0.1, -0.05) is 19.3 Å². The molecule has 2 amide bonds. The molecule has 1 saturated carbocycles. The molecule has 0 aromatic heterocycles. The molecule has 0 radical (unpaired) electrons. The number of rotatable bonds is 10. The van der Waals surface area contributed by atoms with Crippen LogP contribution in [0.2, 0.25) is 0 Å². The minimum atomic E-state index is -0.0271. The zero-order valence-electron chi connectivity index (χ0n) is 19.8. The smallest absolute Gasteiger partial charge is 0.246 e. The van der Waals surface area contributed by atoms with Crippen molar-refractivity contribution in [1.29, 1.82) is 0 Å². The minimum Gasteiger partial charge on any atom is -0.494 e. The van der Waals surface area contributed by atoms with Gasteiger partial charge in [0.2, 0.25) is 17.8 Å². The van der Waals surface area contributed by atoms with E-state index in [1.165, 1.54) is 19.3 Å². The molecule has 2 aliphatic heterocycles. The van der Waals surface area contributed by atoms with E-state index < -0.39 is 0 Å². The van der Waals surface area contributed by atoms with Gasteiger partial charge in [-0.05, 0) is 51.3 Å². The molecule has 1 aromatic rings. The predicted molar refractivity (Wildman–Crippen MR) is 126 cm³/mol. The van der Waals surface area contributed by atoms with E-state index in [9.17, 15) is 9.59 Å². The van der Waals surface area contributed by atoms with Crippen LogP contribution in [0.15, 0.2) is 23.2 Å². The van der Waals surface area contributed by atoms with Crippen molar-refractivity contribution in [1.82, 2.24) is 15.1 Å². The summed E-state index contributed by atoms with van der Waals surface area (Å²) in [5.41, 5.74) is 1.90. The molecule has 0 atom stereocenters. The molecule has 0 spiro atoms. The van der Waals surface area contributed by atoms with Crippen LogP contribution in [0, 0.1) is 0 Å². The lowest BCUT2D eigenvalue weighted by molar-refractivity contribution is -0.135. The highest BCUT2D eigenvalue weighted by molar-refractivity contribution is 6.05. The quantitative estimate of drug-likeness (QED) is 0.546. The predicted octanol–water partition coefficient (Wildman–Crippen LogP) is 3.36. The SMILES string of the molecule is CC(C)OCCN(C(=O)CCCOc1ccc2c(c1)CN1CC(=O)NC1=N2)C1CCCCC1. The van der Waals surface area contributed by atoms with Crippen LogP contribution >= 0.6 is 0 Å². The number of amides is 2. The topological polar surface area (TPSA) is 83.5 Å². The van der Waals surface area contributed by atoms with Crippen LogP contribution in [-0.4, -0.2) is 66.0 Å². The van der Waals surface area contributed by atoms with E-state index in [-0.39, 0.29) is 17.9 Å². The first-order chi connectivity index (χ1) is 16.0. The van der Waals surface area contributed by atoms with E-state index in [4.69, 9.17) is 9.47 Å². The maximum atomic E-state index is 13.0. The highest BCUT2D eigenvalue weighted by Crippen LogP contribution is 2.30. The summed E-state index contributed by atoms with van der Waals surface area (Å²) in [6, 6.07) is 6.15. The van der Waals surface area contributed by atoms with Gasteiger partial charge in [-0.3, -0.25) is 14.9 Å². The van der Waals surface area contributed by atoms with Crippen molar-refractivity contribution in [3.05, 3.63) is 23.8 Å². The summed E-state index contributed by atoms with van der Waals surface area (Å²) in [5, 5.41) is 2.78. The Hall–Kier alpha value is -2.61. The molecule has 1 saturated heterocycles. The molecule has 8 nitrogen and oxygen atoms in total. The molecule has 180 valence electrons. The highest BCUT2D eigenvalue weighted by atomic mass is 16.5. The second kappa shape index (κ2) is 11.0. The zero-order valence-corrected chi connectivity index (χ0v) is 19.8.